The number of fused-ring (bicyclic) bond motifs is 1. The Kier molecular flexibility index (Phi) is 5.03. The fourth-order valence-corrected chi connectivity index (χ4v) is 5.75. The van der Waals surface area contributed by atoms with E-state index in [1.165, 1.54) is 10.5 Å². The average Bonchev–Trinajstić information content (AvgIpc) is 3.37. The van der Waals surface area contributed by atoms with E-state index in [1.54, 1.807) is 0 Å². The first-order valence-corrected chi connectivity index (χ1v) is 11.5. The van der Waals surface area contributed by atoms with E-state index in [4.69, 9.17) is 28.2 Å². The van der Waals surface area contributed by atoms with Crippen molar-refractivity contribution in [2.24, 2.45) is 5.92 Å². The molecule has 150 valence electrons. The SMILES string of the molecule is CC1SC(c2cccc(Cl)c2)=CN1N1CC[C@H](C)[C@H]1c1nc2ccc(Cl)cc2[nH]1. The van der Waals surface area contributed by atoms with Crippen LogP contribution in [0.25, 0.3) is 15.9 Å². The molecular formula is C22H22Cl2N4S. The molecule has 0 aliphatic carbocycles. The van der Waals surface area contributed by atoms with Gasteiger partial charge in [-0.25, -0.2) is 9.99 Å². The fourth-order valence-electron chi connectivity index (χ4n) is 4.30. The van der Waals surface area contributed by atoms with Gasteiger partial charge in [-0.1, -0.05) is 54.0 Å². The molecule has 0 amide bonds. The quantitative estimate of drug-likeness (QED) is 0.495. The van der Waals surface area contributed by atoms with Crippen molar-refractivity contribution in [3.8, 4) is 0 Å². The normalized spacial score (nSPS) is 25.2. The molecule has 3 heterocycles. The molecule has 2 aliphatic rings. The number of rotatable bonds is 3. The second kappa shape index (κ2) is 7.55. The van der Waals surface area contributed by atoms with Gasteiger partial charge in [-0.05, 0) is 55.2 Å². The van der Waals surface area contributed by atoms with Gasteiger partial charge < -0.3 is 4.98 Å². The molecule has 1 unspecified atom stereocenters. The van der Waals surface area contributed by atoms with Crippen LogP contribution in [0, 0.1) is 5.92 Å². The molecule has 29 heavy (non-hydrogen) atoms. The second-order valence-corrected chi connectivity index (χ2v) is 9.99. The molecule has 5 rings (SSSR count). The van der Waals surface area contributed by atoms with Gasteiger partial charge in [0, 0.05) is 27.7 Å². The largest absolute Gasteiger partial charge is 0.341 e. The summed E-state index contributed by atoms with van der Waals surface area (Å²) in [6.45, 7) is 5.56. The summed E-state index contributed by atoms with van der Waals surface area (Å²) in [6.07, 6.45) is 3.39. The molecule has 1 aromatic heterocycles. The molecule has 4 nitrogen and oxygen atoms in total. The van der Waals surface area contributed by atoms with Gasteiger partial charge in [-0.3, -0.25) is 5.01 Å². The van der Waals surface area contributed by atoms with E-state index < -0.39 is 0 Å². The van der Waals surface area contributed by atoms with Crippen molar-refractivity contribution in [2.75, 3.05) is 6.54 Å². The number of aromatic nitrogens is 2. The van der Waals surface area contributed by atoms with Crippen molar-refractivity contribution in [1.82, 2.24) is 20.0 Å². The highest BCUT2D eigenvalue weighted by molar-refractivity contribution is 8.09. The molecule has 0 saturated carbocycles. The van der Waals surface area contributed by atoms with Crippen LogP contribution in [-0.4, -0.2) is 31.9 Å². The lowest BCUT2D eigenvalue weighted by atomic mass is 10.0. The first-order chi connectivity index (χ1) is 14.0. The summed E-state index contributed by atoms with van der Waals surface area (Å²) >= 11 is 14.2. The standard InChI is InChI=1S/C22H22Cl2N4S/c1-13-8-9-27(21(13)22-25-18-7-6-17(24)11-19(18)26-22)28-12-20(29-14(28)2)15-4-3-5-16(23)10-15/h3-7,10-14,21H,8-9H2,1-2H3,(H,25,26)/t13-,14?,21-/m0/s1. The van der Waals surface area contributed by atoms with E-state index in [9.17, 15) is 0 Å². The third kappa shape index (κ3) is 3.55. The van der Waals surface area contributed by atoms with Crippen LogP contribution in [0.3, 0.4) is 0 Å². The number of nitrogens with one attached hydrogen (secondary N) is 1. The van der Waals surface area contributed by atoms with E-state index in [0.717, 1.165) is 39.9 Å². The number of imidazole rings is 1. The fraction of sp³-hybridized carbons (Fsp3) is 0.318. The van der Waals surface area contributed by atoms with Crippen LogP contribution in [0.5, 0.6) is 0 Å². The molecule has 3 atom stereocenters. The number of hydrogen-bond acceptors (Lipinski definition) is 4. The Morgan fingerprint density at radius 3 is 2.76 bits per heavy atom. The maximum Gasteiger partial charge on any atom is 0.126 e. The van der Waals surface area contributed by atoms with Gasteiger partial charge >= 0.3 is 0 Å². The lowest BCUT2D eigenvalue weighted by Crippen LogP contribution is -2.41. The summed E-state index contributed by atoms with van der Waals surface area (Å²) < 4.78 is 0. The molecule has 3 aromatic rings. The van der Waals surface area contributed by atoms with Gasteiger partial charge in [0.1, 0.15) is 5.82 Å². The number of aromatic amines is 1. The van der Waals surface area contributed by atoms with Crippen LogP contribution in [0.15, 0.2) is 48.7 Å². The molecule has 0 radical (unpaired) electrons. The Labute approximate surface area is 184 Å². The Morgan fingerprint density at radius 1 is 1.10 bits per heavy atom. The molecule has 1 saturated heterocycles. The van der Waals surface area contributed by atoms with Crippen LogP contribution in [0.1, 0.15) is 37.7 Å². The Bertz CT molecular complexity index is 1100. The summed E-state index contributed by atoms with van der Waals surface area (Å²) in [4.78, 5) is 9.66. The summed E-state index contributed by atoms with van der Waals surface area (Å²) in [5.74, 6) is 1.51. The Morgan fingerprint density at radius 2 is 1.93 bits per heavy atom. The van der Waals surface area contributed by atoms with E-state index in [-0.39, 0.29) is 6.04 Å². The summed E-state index contributed by atoms with van der Waals surface area (Å²) in [7, 11) is 0. The van der Waals surface area contributed by atoms with E-state index in [0.29, 0.717) is 11.3 Å². The number of nitrogens with zero attached hydrogens (tertiary/aromatic N) is 3. The van der Waals surface area contributed by atoms with Crippen molar-refractivity contribution in [3.63, 3.8) is 0 Å². The molecule has 0 bridgehead atoms. The monoisotopic (exact) mass is 444 g/mol. The molecule has 2 aliphatic heterocycles. The topological polar surface area (TPSA) is 35.2 Å². The minimum absolute atomic E-state index is 0.208. The zero-order chi connectivity index (χ0) is 20.1. The number of hydrazine groups is 1. The number of benzene rings is 2. The lowest BCUT2D eigenvalue weighted by Gasteiger charge is -2.36. The molecule has 0 spiro atoms. The third-order valence-corrected chi connectivity index (χ3v) is 7.36. The zero-order valence-electron chi connectivity index (χ0n) is 16.3. The predicted octanol–water partition coefficient (Wildman–Crippen LogP) is 6.56. The van der Waals surface area contributed by atoms with E-state index in [2.05, 4.69) is 41.1 Å². The van der Waals surface area contributed by atoms with Crippen LogP contribution in [-0.2, 0) is 0 Å². The smallest absolute Gasteiger partial charge is 0.126 e. The maximum atomic E-state index is 6.21. The van der Waals surface area contributed by atoms with Crippen molar-refractivity contribution in [3.05, 3.63) is 70.1 Å². The minimum Gasteiger partial charge on any atom is -0.341 e. The predicted molar refractivity (Wildman–Crippen MR) is 123 cm³/mol. The summed E-state index contributed by atoms with van der Waals surface area (Å²) in [5.41, 5.74) is 3.12. The molecule has 1 fully saturated rings. The summed E-state index contributed by atoms with van der Waals surface area (Å²) in [5, 5.41) is 6.64. The minimum atomic E-state index is 0.208. The van der Waals surface area contributed by atoms with Gasteiger partial charge in [-0.15, -0.1) is 0 Å². The average molecular weight is 445 g/mol. The van der Waals surface area contributed by atoms with Gasteiger partial charge in [0.05, 0.1) is 22.4 Å². The lowest BCUT2D eigenvalue weighted by molar-refractivity contribution is -0.00509. The van der Waals surface area contributed by atoms with Crippen LogP contribution >= 0.6 is 35.0 Å². The van der Waals surface area contributed by atoms with Gasteiger partial charge in [-0.2, -0.15) is 0 Å². The van der Waals surface area contributed by atoms with E-state index in [1.807, 2.05) is 48.2 Å². The van der Waals surface area contributed by atoms with Crippen molar-refractivity contribution >= 4 is 50.9 Å². The van der Waals surface area contributed by atoms with Crippen molar-refractivity contribution in [2.45, 2.75) is 31.7 Å². The first kappa shape index (κ1) is 19.3. The number of hydrogen-bond donors (Lipinski definition) is 1. The first-order valence-electron chi connectivity index (χ1n) is 9.84. The Hall–Kier alpha value is -1.66. The number of halogens is 2. The van der Waals surface area contributed by atoms with Gasteiger partial charge in [0.25, 0.3) is 0 Å². The highest BCUT2D eigenvalue weighted by Gasteiger charge is 2.40. The Balaban J connectivity index is 1.48. The highest BCUT2D eigenvalue weighted by atomic mass is 35.5. The molecule has 2 aromatic carbocycles. The molecule has 1 N–H and O–H groups in total. The van der Waals surface area contributed by atoms with Gasteiger partial charge in [0.2, 0.25) is 0 Å². The molecule has 7 heteroatoms. The van der Waals surface area contributed by atoms with Gasteiger partial charge in [0.15, 0.2) is 0 Å². The number of thioether (sulfide) groups is 1. The van der Waals surface area contributed by atoms with E-state index >= 15 is 0 Å². The van der Waals surface area contributed by atoms with Crippen LogP contribution in [0.4, 0.5) is 0 Å². The second-order valence-electron chi connectivity index (χ2n) is 7.76. The number of H-pyrrole nitrogens is 1. The highest BCUT2D eigenvalue weighted by Crippen LogP contribution is 2.45. The summed E-state index contributed by atoms with van der Waals surface area (Å²) in [6, 6.07) is 14.1. The van der Waals surface area contributed by atoms with Crippen LogP contribution in [0.2, 0.25) is 10.0 Å². The van der Waals surface area contributed by atoms with Crippen LogP contribution < -0.4 is 0 Å². The third-order valence-electron chi connectivity index (χ3n) is 5.74. The maximum absolute atomic E-state index is 6.21. The van der Waals surface area contributed by atoms with Crippen molar-refractivity contribution < 1.29 is 0 Å². The van der Waals surface area contributed by atoms with Crippen molar-refractivity contribution in [1.29, 1.82) is 0 Å². The molecular weight excluding hydrogens is 423 g/mol. The zero-order valence-corrected chi connectivity index (χ0v) is 18.6.